The second-order valence-electron chi connectivity index (χ2n) is 4.81. The number of nitrogens with zero attached hydrogens (tertiary/aromatic N) is 2. The number of benzene rings is 1. The standard InChI is InChI=1S/C14H13N3O2/c18-14-12-8-19-6-5-17(12)13-9-3-1-2-4-10(9)15-7-11(13)16-14/h1-4,7,12H,5-6,8H2,(H,16,18). The van der Waals surface area contributed by atoms with Gasteiger partial charge in [-0.2, -0.15) is 0 Å². The summed E-state index contributed by atoms with van der Waals surface area (Å²) in [6, 6.07) is 7.77. The molecule has 0 saturated carbocycles. The minimum atomic E-state index is -0.230. The zero-order valence-corrected chi connectivity index (χ0v) is 10.3. The van der Waals surface area contributed by atoms with Crippen molar-refractivity contribution in [3.05, 3.63) is 30.5 Å². The van der Waals surface area contributed by atoms with Crippen LogP contribution in [0.15, 0.2) is 30.5 Å². The average Bonchev–Trinajstić information content (AvgIpc) is 2.47. The molecule has 1 unspecified atom stereocenters. The lowest BCUT2D eigenvalue weighted by Gasteiger charge is -2.41. The summed E-state index contributed by atoms with van der Waals surface area (Å²) in [5.74, 6) is -0.00992. The van der Waals surface area contributed by atoms with Crippen LogP contribution in [0, 0.1) is 0 Å². The number of pyridine rings is 1. The topological polar surface area (TPSA) is 54.5 Å². The Morgan fingerprint density at radius 2 is 2.26 bits per heavy atom. The number of morpholine rings is 1. The van der Waals surface area contributed by atoms with Crippen LogP contribution in [0.25, 0.3) is 10.9 Å². The maximum absolute atomic E-state index is 12.1. The van der Waals surface area contributed by atoms with E-state index < -0.39 is 0 Å². The Balaban J connectivity index is 1.98. The van der Waals surface area contributed by atoms with Crippen LogP contribution in [0.3, 0.4) is 0 Å². The van der Waals surface area contributed by atoms with E-state index in [1.165, 1.54) is 0 Å². The normalized spacial score (nSPS) is 21.8. The molecule has 1 aromatic carbocycles. The summed E-state index contributed by atoms with van der Waals surface area (Å²) in [5.41, 5.74) is 2.81. The van der Waals surface area contributed by atoms with Gasteiger partial charge in [0.25, 0.3) is 0 Å². The van der Waals surface area contributed by atoms with Crippen molar-refractivity contribution in [2.24, 2.45) is 0 Å². The minimum Gasteiger partial charge on any atom is -0.377 e. The second-order valence-corrected chi connectivity index (χ2v) is 4.81. The molecule has 1 aromatic heterocycles. The van der Waals surface area contributed by atoms with Crippen molar-refractivity contribution in [2.45, 2.75) is 6.04 Å². The van der Waals surface area contributed by atoms with E-state index in [4.69, 9.17) is 4.74 Å². The third-order valence-corrected chi connectivity index (χ3v) is 3.72. The van der Waals surface area contributed by atoms with Crippen LogP contribution in [0.4, 0.5) is 11.4 Å². The van der Waals surface area contributed by atoms with Crippen LogP contribution in [0.5, 0.6) is 0 Å². The molecule has 2 aliphatic heterocycles. The number of hydrogen-bond donors (Lipinski definition) is 1. The highest BCUT2D eigenvalue weighted by atomic mass is 16.5. The summed E-state index contributed by atoms with van der Waals surface area (Å²) in [6.07, 6.45) is 1.74. The molecule has 1 saturated heterocycles. The van der Waals surface area contributed by atoms with Crippen molar-refractivity contribution >= 4 is 28.2 Å². The summed E-state index contributed by atoms with van der Waals surface area (Å²) < 4.78 is 5.42. The van der Waals surface area contributed by atoms with E-state index in [9.17, 15) is 4.79 Å². The molecule has 4 rings (SSSR count). The van der Waals surface area contributed by atoms with Crippen LogP contribution in [0.1, 0.15) is 0 Å². The highest BCUT2D eigenvalue weighted by Gasteiger charge is 2.36. The lowest BCUT2D eigenvalue weighted by Crippen LogP contribution is -2.55. The van der Waals surface area contributed by atoms with Crippen molar-refractivity contribution in [1.29, 1.82) is 0 Å². The molecule has 1 fully saturated rings. The number of rotatable bonds is 0. The summed E-state index contributed by atoms with van der Waals surface area (Å²) in [4.78, 5) is 18.6. The lowest BCUT2D eigenvalue weighted by molar-refractivity contribution is -0.119. The highest BCUT2D eigenvalue weighted by Crippen LogP contribution is 2.38. The number of hydrogen-bond acceptors (Lipinski definition) is 4. The van der Waals surface area contributed by atoms with E-state index in [2.05, 4.69) is 15.2 Å². The predicted molar refractivity (Wildman–Crippen MR) is 72.3 cm³/mol. The molecule has 0 bridgehead atoms. The van der Waals surface area contributed by atoms with Gasteiger partial charge in [-0.1, -0.05) is 18.2 Å². The Morgan fingerprint density at radius 1 is 1.37 bits per heavy atom. The summed E-state index contributed by atoms with van der Waals surface area (Å²) in [5, 5.41) is 4.00. The molecule has 0 spiro atoms. The molecule has 5 heteroatoms. The Bertz CT molecular complexity index is 671. The Labute approximate surface area is 110 Å². The molecule has 0 aliphatic carbocycles. The first-order valence-electron chi connectivity index (χ1n) is 6.37. The third-order valence-electron chi connectivity index (χ3n) is 3.72. The lowest BCUT2D eigenvalue weighted by atomic mass is 10.0. The summed E-state index contributed by atoms with van der Waals surface area (Å²) in [7, 11) is 0. The largest absolute Gasteiger partial charge is 0.377 e. The van der Waals surface area contributed by atoms with Crippen LogP contribution in [0.2, 0.25) is 0 Å². The van der Waals surface area contributed by atoms with Gasteiger partial charge in [-0.05, 0) is 6.07 Å². The van der Waals surface area contributed by atoms with E-state index in [1.54, 1.807) is 6.20 Å². The maximum Gasteiger partial charge on any atom is 0.249 e. The fourth-order valence-electron chi connectivity index (χ4n) is 2.83. The first-order chi connectivity index (χ1) is 9.34. The van der Waals surface area contributed by atoms with Crippen molar-refractivity contribution in [2.75, 3.05) is 30.0 Å². The van der Waals surface area contributed by atoms with E-state index in [0.29, 0.717) is 13.2 Å². The number of carbonyl (C=O) groups is 1. The van der Waals surface area contributed by atoms with Gasteiger partial charge in [-0.25, -0.2) is 0 Å². The number of carbonyl (C=O) groups excluding carboxylic acids is 1. The van der Waals surface area contributed by atoms with E-state index in [-0.39, 0.29) is 11.9 Å². The summed E-state index contributed by atoms with van der Waals surface area (Å²) >= 11 is 0. The van der Waals surface area contributed by atoms with Gasteiger partial charge in [0.2, 0.25) is 5.91 Å². The first kappa shape index (κ1) is 10.8. The average molecular weight is 255 g/mol. The van der Waals surface area contributed by atoms with Gasteiger partial charge in [0, 0.05) is 11.9 Å². The van der Waals surface area contributed by atoms with Crippen LogP contribution >= 0.6 is 0 Å². The maximum atomic E-state index is 12.1. The molecule has 96 valence electrons. The van der Waals surface area contributed by atoms with Gasteiger partial charge in [-0.15, -0.1) is 0 Å². The Kier molecular flexibility index (Phi) is 2.22. The van der Waals surface area contributed by atoms with Crippen molar-refractivity contribution in [3.8, 4) is 0 Å². The number of ether oxygens (including phenoxy) is 1. The minimum absolute atomic E-state index is 0.00992. The number of amides is 1. The van der Waals surface area contributed by atoms with Gasteiger partial charge >= 0.3 is 0 Å². The molecule has 5 nitrogen and oxygen atoms in total. The van der Waals surface area contributed by atoms with Gasteiger partial charge < -0.3 is 15.0 Å². The number of nitrogens with one attached hydrogen (secondary N) is 1. The highest BCUT2D eigenvalue weighted by molar-refractivity contribution is 6.10. The molecular formula is C14H13N3O2. The van der Waals surface area contributed by atoms with E-state index in [0.717, 1.165) is 28.8 Å². The first-order valence-corrected chi connectivity index (χ1v) is 6.37. The van der Waals surface area contributed by atoms with E-state index in [1.807, 2.05) is 24.3 Å². The zero-order chi connectivity index (χ0) is 12.8. The molecule has 1 atom stereocenters. The molecule has 2 aromatic rings. The molecular weight excluding hydrogens is 242 g/mol. The number of fused-ring (bicyclic) bond motifs is 5. The van der Waals surface area contributed by atoms with Crippen molar-refractivity contribution < 1.29 is 9.53 Å². The Hall–Kier alpha value is -2.14. The summed E-state index contributed by atoms with van der Waals surface area (Å²) in [6.45, 7) is 1.83. The van der Waals surface area contributed by atoms with Crippen LogP contribution < -0.4 is 10.2 Å². The zero-order valence-electron chi connectivity index (χ0n) is 10.3. The van der Waals surface area contributed by atoms with Crippen LogP contribution in [-0.4, -0.2) is 36.7 Å². The molecule has 2 aliphatic rings. The second kappa shape index (κ2) is 3.93. The quantitative estimate of drug-likeness (QED) is 0.773. The van der Waals surface area contributed by atoms with Gasteiger partial charge in [0.1, 0.15) is 6.04 Å². The molecule has 3 heterocycles. The molecule has 0 radical (unpaired) electrons. The molecule has 1 amide bonds. The Morgan fingerprint density at radius 3 is 3.21 bits per heavy atom. The van der Waals surface area contributed by atoms with Gasteiger partial charge in [0.05, 0.1) is 36.3 Å². The smallest absolute Gasteiger partial charge is 0.249 e. The number of anilines is 2. The number of aromatic nitrogens is 1. The molecule has 19 heavy (non-hydrogen) atoms. The van der Waals surface area contributed by atoms with Crippen LogP contribution in [-0.2, 0) is 9.53 Å². The molecule has 1 N–H and O–H groups in total. The van der Waals surface area contributed by atoms with Gasteiger partial charge in [0.15, 0.2) is 0 Å². The third kappa shape index (κ3) is 1.51. The van der Waals surface area contributed by atoms with Crippen molar-refractivity contribution in [1.82, 2.24) is 4.98 Å². The number of para-hydroxylation sites is 1. The van der Waals surface area contributed by atoms with Gasteiger partial charge in [-0.3, -0.25) is 9.78 Å². The van der Waals surface area contributed by atoms with E-state index >= 15 is 0 Å². The fraction of sp³-hybridized carbons (Fsp3) is 0.286. The fourth-order valence-corrected chi connectivity index (χ4v) is 2.83. The predicted octanol–water partition coefficient (Wildman–Crippen LogP) is 1.39. The monoisotopic (exact) mass is 255 g/mol. The van der Waals surface area contributed by atoms with Crippen molar-refractivity contribution in [3.63, 3.8) is 0 Å². The SMILES string of the molecule is O=C1Nc2cnc3ccccc3c2N2CCOCC12.